The van der Waals surface area contributed by atoms with Gasteiger partial charge in [-0.05, 0) is 61.2 Å². The molecule has 0 saturated heterocycles. The van der Waals surface area contributed by atoms with Crippen molar-refractivity contribution < 1.29 is 4.42 Å². The van der Waals surface area contributed by atoms with Gasteiger partial charge in [-0.15, -0.1) is 0 Å². The average molecular weight is 490 g/mol. The van der Waals surface area contributed by atoms with Gasteiger partial charge in [0.1, 0.15) is 17.0 Å². The summed E-state index contributed by atoms with van der Waals surface area (Å²) in [6.07, 6.45) is 16.3. The summed E-state index contributed by atoms with van der Waals surface area (Å²) in [5.41, 5.74) is 9.17. The van der Waals surface area contributed by atoms with E-state index in [-0.39, 0.29) is 0 Å². The number of pyridine rings is 3. The second-order valence-electron chi connectivity index (χ2n) is 9.81. The van der Waals surface area contributed by atoms with Gasteiger partial charge in [-0.3, -0.25) is 9.97 Å². The topological polar surface area (TPSA) is 108 Å². The van der Waals surface area contributed by atoms with E-state index < -0.39 is 0 Å². The lowest BCUT2D eigenvalue weighted by molar-refractivity contribution is 0.489. The predicted molar refractivity (Wildman–Crippen MR) is 144 cm³/mol. The number of H-pyrrole nitrogens is 2. The smallest absolute Gasteiger partial charge is 0.142 e. The molecule has 184 valence electrons. The highest BCUT2D eigenvalue weighted by molar-refractivity contribution is 5.96. The number of rotatable bonds is 7. The Labute approximate surface area is 213 Å². The van der Waals surface area contributed by atoms with Gasteiger partial charge in [0.15, 0.2) is 0 Å². The van der Waals surface area contributed by atoms with E-state index in [4.69, 9.17) is 14.4 Å². The van der Waals surface area contributed by atoms with Gasteiger partial charge in [-0.2, -0.15) is 0 Å². The third kappa shape index (κ3) is 4.19. The van der Waals surface area contributed by atoms with Crippen molar-refractivity contribution in [2.24, 2.45) is 5.92 Å². The fourth-order valence-electron chi connectivity index (χ4n) is 5.37. The SMILES string of the molecule is c1cc2[nH]c(-c3c[nH]c4ccc(-c5cncc(CNCC6CCCC6)c5)nc34)nc2c(-c2ccoc2)n1. The molecule has 0 bridgehead atoms. The maximum atomic E-state index is 5.26. The molecule has 1 fully saturated rings. The number of fused-ring (bicyclic) bond motifs is 2. The van der Waals surface area contributed by atoms with Crippen LogP contribution >= 0.6 is 0 Å². The first-order chi connectivity index (χ1) is 18.3. The Kier molecular flexibility index (Phi) is 5.51. The molecule has 1 aliphatic carbocycles. The molecule has 1 saturated carbocycles. The van der Waals surface area contributed by atoms with E-state index in [0.29, 0.717) is 0 Å². The number of hydrogen-bond donors (Lipinski definition) is 3. The molecule has 7 rings (SSSR count). The molecule has 0 unspecified atom stereocenters. The van der Waals surface area contributed by atoms with Crippen LogP contribution in [-0.4, -0.2) is 36.4 Å². The largest absolute Gasteiger partial charge is 0.472 e. The van der Waals surface area contributed by atoms with Gasteiger partial charge in [0.05, 0.1) is 40.3 Å². The monoisotopic (exact) mass is 489 g/mol. The van der Waals surface area contributed by atoms with Crippen molar-refractivity contribution in [3.63, 3.8) is 0 Å². The number of aromatic nitrogens is 6. The van der Waals surface area contributed by atoms with Gasteiger partial charge in [0, 0.05) is 42.5 Å². The second kappa shape index (κ2) is 9.29. The summed E-state index contributed by atoms with van der Waals surface area (Å²) in [5.74, 6) is 1.56. The predicted octanol–water partition coefficient (Wildman–Crippen LogP) is 6.10. The summed E-state index contributed by atoms with van der Waals surface area (Å²) >= 11 is 0. The Bertz CT molecular complexity index is 1680. The van der Waals surface area contributed by atoms with Crippen LogP contribution in [0, 0.1) is 5.92 Å². The molecule has 37 heavy (non-hydrogen) atoms. The molecule has 6 heterocycles. The Morgan fingerprint density at radius 2 is 1.92 bits per heavy atom. The maximum Gasteiger partial charge on any atom is 0.142 e. The molecule has 0 aromatic carbocycles. The van der Waals surface area contributed by atoms with E-state index in [9.17, 15) is 0 Å². The zero-order chi connectivity index (χ0) is 24.6. The van der Waals surface area contributed by atoms with E-state index in [0.717, 1.165) is 75.0 Å². The van der Waals surface area contributed by atoms with Crippen molar-refractivity contribution in [3.8, 4) is 33.9 Å². The van der Waals surface area contributed by atoms with Crippen molar-refractivity contribution >= 4 is 22.1 Å². The number of hydrogen-bond acceptors (Lipinski definition) is 6. The third-order valence-corrected chi connectivity index (χ3v) is 7.30. The first-order valence-corrected chi connectivity index (χ1v) is 12.8. The van der Waals surface area contributed by atoms with Crippen LogP contribution in [0.2, 0.25) is 0 Å². The standard InChI is InChI=1S/C29H27N7O/c1-2-4-18(3-1)12-30-13-19-11-21(15-31-14-19)23-5-6-24-27(34-23)22(16-33-24)29-35-25-7-9-32-26(28(25)36-29)20-8-10-37-17-20/h5-11,14-18,30,33H,1-4,12-13H2,(H,35,36). The summed E-state index contributed by atoms with van der Waals surface area (Å²) in [4.78, 5) is 25.7. The highest BCUT2D eigenvalue weighted by Gasteiger charge is 2.17. The summed E-state index contributed by atoms with van der Waals surface area (Å²) in [6, 6.07) is 10.1. The van der Waals surface area contributed by atoms with Gasteiger partial charge in [-0.1, -0.05) is 12.8 Å². The van der Waals surface area contributed by atoms with Crippen LogP contribution < -0.4 is 5.32 Å². The highest BCUT2D eigenvalue weighted by Crippen LogP contribution is 2.32. The lowest BCUT2D eigenvalue weighted by Crippen LogP contribution is -2.20. The van der Waals surface area contributed by atoms with Crippen LogP contribution in [0.4, 0.5) is 0 Å². The zero-order valence-corrected chi connectivity index (χ0v) is 20.4. The number of aromatic amines is 2. The minimum absolute atomic E-state index is 0.742. The molecular weight excluding hydrogens is 462 g/mol. The minimum atomic E-state index is 0.742. The Hall–Kier alpha value is -4.30. The Morgan fingerprint density at radius 1 is 0.973 bits per heavy atom. The number of nitrogens with one attached hydrogen (secondary N) is 3. The lowest BCUT2D eigenvalue weighted by atomic mass is 10.1. The van der Waals surface area contributed by atoms with Crippen LogP contribution in [0.3, 0.4) is 0 Å². The van der Waals surface area contributed by atoms with Crippen molar-refractivity contribution in [1.29, 1.82) is 0 Å². The van der Waals surface area contributed by atoms with Crippen molar-refractivity contribution in [1.82, 2.24) is 35.2 Å². The number of furan rings is 1. The highest BCUT2D eigenvalue weighted by atomic mass is 16.3. The Morgan fingerprint density at radius 3 is 2.81 bits per heavy atom. The zero-order valence-electron chi connectivity index (χ0n) is 20.4. The van der Waals surface area contributed by atoms with Gasteiger partial charge in [0.25, 0.3) is 0 Å². The quantitative estimate of drug-likeness (QED) is 0.250. The molecule has 0 radical (unpaired) electrons. The maximum absolute atomic E-state index is 5.26. The van der Waals surface area contributed by atoms with Gasteiger partial charge >= 0.3 is 0 Å². The molecule has 6 aromatic heterocycles. The average Bonchev–Trinajstić information content (AvgIpc) is 3.74. The molecule has 0 aliphatic heterocycles. The molecule has 8 nitrogen and oxygen atoms in total. The third-order valence-electron chi connectivity index (χ3n) is 7.30. The van der Waals surface area contributed by atoms with Crippen LogP contribution in [0.5, 0.6) is 0 Å². The van der Waals surface area contributed by atoms with Gasteiger partial charge < -0.3 is 19.7 Å². The first-order valence-electron chi connectivity index (χ1n) is 12.8. The van der Waals surface area contributed by atoms with E-state index in [1.54, 1.807) is 18.7 Å². The van der Waals surface area contributed by atoms with Gasteiger partial charge in [-0.25, -0.2) is 9.97 Å². The summed E-state index contributed by atoms with van der Waals surface area (Å²) < 4.78 is 5.26. The summed E-state index contributed by atoms with van der Waals surface area (Å²) in [7, 11) is 0. The first kappa shape index (κ1) is 21.9. The van der Waals surface area contributed by atoms with Gasteiger partial charge in [0.2, 0.25) is 0 Å². The molecule has 8 heteroatoms. The van der Waals surface area contributed by atoms with Crippen molar-refractivity contribution in [3.05, 3.63) is 73.2 Å². The lowest BCUT2D eigenvalue weighted by Gasteiger charge is -2.11. The summed E-state index contributed by atoms with van der Waals surface area (Å²) in [5, 5.41) is 3.62. The molecule has 1 aliphatic rings. The summed E-state index contributed by atoms with van der Waals surface area (Å²) in [6.45, 7) is 1.90. The van der Waals surface area contributed by atoms with Crippen LogP contribution in [0.25, 0.3) is 56.0 Å². The molecule has 0 atom stereocenters. The Balaban J connectivity index is 1.20. The van der Waals surface area contributed by atoms with Crippen LogP contribution in [-0.2, 0) is 6.54 Å². The number of nitrogens with zero attached hydrogens (tertiary/aromatic N) is 4. The second-order valence-corrected chi connectivity index (χ2v) is 9.81. The van der Waals surface area contributed by atoms with E-state index in [1.165, 1.54) is 31.2 Å². The normalized spacial score (nSPS) is 14.3. The molecule has 0 amide bonds. The molecule has 3 N–H and O–H groups in total. The van der Waals surface area contributed by atoms with Crippen LogP contribution in [0.1, 0.15) is 31.2 Å². The fraction of sp³-hybridized carbons (Fsp3) is 0.241. The minimum Gasteiger partial charge on any atom is -0.472 e. The van der Waals surface area contributed by atoms with E-state index >= 15 is 0 Å². The van der Waals surface area contributed by atoms with E-state index in [1.807, 2.05) is 36.8 Å². The molecule has 6 aromatic rings. The number of imidazole rings is 1. The molecular formula is C29H27N7O. The van der Waals surface area contributed by atoms with Crippen molar-refractivity contribution in [2.75, 3.05) is 6.54 Å². The fourth-order valence-corrected chi connectivity index (χ4v) is 5.37. The van der Waals surface area contributed by atoms with E-state index in [2.05, 4.69) is 37.4 Å². The molecule has 0 spiro atoms. The van der Waals surface area contributed by atoms with Crippen LogP contribution in [0.15, 0.2) is 72.1 Å². The van der Waals surface area contributed by atoms with Crippen molar-refractivity contribution in [2.45, 2.75) is 32.2 Å².